The van der Waals surface area contributed by atoms with Crippen LogP contribution in [0.3, 0.4) is 0 Å². The lowest BCUT2D eigenvalue weighted by atomic mass is 10.1. The van der Waals surface area contributed by atoms with Crippen molar-refractivity contribution in [2.45, 2.75) is 6.92 Å². The van der Waals surface area contributed by atoms with E-state index in [-0.39, 0.29) is 0 Å². The first-order valence-corrected chi connectivity index (χ1v) is 8.89. The minimum Gasteiger partial charge on any atom is -0.497 e. The van der Waals surface area contributed by atoms with Crippen LogP contribution in [-0.4, -0.2) is 19.2 Å². The number of rotatable bonds is 5. The van der Waals surface area contributed by atoms with Crippen LogP contribution in [0, 0.1) is 18.3 Å². The van der Waals surface area contributed by atoms with Crippen LogP contribution in [0.1, 0.15) is 16.1 Å². The molecule has 0 N–H and O–H groups in total. The summed E-state index contributed by atoms with van der Waals surface area (Å²) >= 11 is 1.45. The normalized spacial score (nSPS) is 11.1. The van der Waals surface area contributed by atoms with Gasteiger partial charge in [0.15, 0.2) is 0 Å². The van der Waals surface area contributed by atoms with E-state index < -0.39 is 0 Å². The molecule has 0 amide bonds. The minimum absolute atomic E-state index is 0.497. The number of aryl methyl sites for hydroxylation is 1. The zero-order chi connectivity index (χ0) is 18.5. The summed E-state index contributed by atoms with van der Waals surface area (Å²) in [7, 11) is 3.20. The van der Waals surface area contributed by atoms with E-state index in [4.69, 9.17) is 9.47 Å². The monoisotopic (exact) mass is 362 g/mol. The van der Waals surface area contributed by atoms with E-state index in [1.165, 1.54) is 16.9 Å². The van der Waals surface area contributed by atoms with Gasteiger partial charge < -0.3 is 9.47 Å². The molecule has 0 saturated carbocycles. The Hall–Kier alpha value is -3.10. The molecule has 3 rings (SSSR count). The van der Waals surface area contributed by atoms with Crippen LogP contribution in [0.5, 0.6) is 11.5 Å². The largest absolute Gasteiger partial charge is 0.497 e. The zero-order valence-electron chi connectivity index (χ0n) is 14.8. The van der Waals surface area contributed by atoms with E-state index in [2.05, 4.69) is 30.1 Å². The van der Waals surface area contributed by atoms with E-state index in [1.54, 1.807) is 26.4 Å². The van der Waals surface area contributed by atoms with Gasteiger partial charge in [-0.1, -0.05) is 29.8 Å². The number of nitriles is 1. The third kappa shape index (κ3) is 3.76. The fourth-order valence-electron chi connectivity index (χ4n) is 2.49. The first kappa shape index (κ1) is 17.7. The lowest BCUT2D eigenvalue weighted by Crippen LogP contribution is -1.90. The molecule has 2 aromatic carbocycles. The molecule has 5 heteroatoms. The molecular formula is C21H18N2O2S. The van der Waals surface area contributed by atoms with Gasteiger partial charge in [-0.15, -0.1) is 11.3 Å². The lowest BCUT2D eigenvalue weighted by Gasteiger charge is -2.07. The highest BCUT2D eigenvalue weighted by Gasteiger charge is 2.11. The van der Waals surface area contributed by atoms with E-state index in [0.29, 0.717) is 22.1 Å². The molecule has 0 aliphatic carbocycles. The van der Waals surface area contributed by atoms with Crippen molar-refractivity contribution in [3.05, 3.63) is 64.0 Å². The average molecular weight is 362 g/mol. The predicted octanol–water partition coefficient (Wildman–Crippen LogP) is 5.20. The molecule has 1 heterocycles. The van der Waals surface area contributed by atoms with E-state index in [9.17, 15) is 5.26 Å². The number of hydrogen-bond acceptors (Lipinski definition) is 5. The Kier molecular flexibility index (Phi) is 5.35. The van der Waals surface area contributed by atoms with Crippen molar-refractivity contribution < 1.29 is 9.47 Å². The minimum atomic E-state index is 0.497. The third-order valence-electron chi connectivity index (χ3n) is 3.94. The molecule has 0 fully saturated rings. The van der Waals surface area contributed by atoms with Gasteiger partial charge in [0, 0.05) is 22.6 Å². The van der Waals surface area contributed by atoms with Gasteiger partial charge in [0.05, 0.1) is 25.5 Å². The Bertz CT molecular complexity index is 982. The smallest absolute Gasteiger partial charge is 0.134 e. The van der Waals surface area contributed by atoms with Crippen LogP contribution in [0.15, 0.2) is 47.8 Å². The molecule has 3 aromatic rings. The summed E-state index contributed by atoms with van der Waals surface area (Å²) in [6.07, 6.45) is 1.79. The van der Waals surface area contributed by atoms with Gasteiger partial charge >= 0.3 is 0 Å². The van der Waals surface area contributed by atoms with Crippen molar-refractivity contribution in [1.29, 1.82) is 5.26 Å². The van der Waals surface area contributed by atoms with Crippen molar-refractivity contribution in [1.82, 2.24) is 4.98 Å². The molecule has 0 radical (unpaired) electrons. The van der Waals surface area contributed by atoms with Crippen LogP contribution in [0.2, 0.25) is 0 Å². The van der Waals surface area contributed by atoms with Crippen LogP contribution in [0.25, 0.3) is 22.9 Å². The Labute approximate surface area is 157 Å². The second kappa shape index (κ2) is 7.85. The molecule has 0 aliphatic rings. The SMILES string of the molecule is COc1ccc(/C=C(\C#N)c2nc(-c3ccc(C)cc3)cs2)c(OC)c1. The highest BCUT2D eigenvalue weighted by atomic mass is 32.1. The predicted molar refractivity (Wildman–Crippen MR) is 105 cm³/mol. The number of thiazole rings is 1. The molecule has 0 unspecified atom stereocenters. The Morgan fingerprint density at radius 1 is 1.12 bits per heavy atom. The molecule has 0 aliphatic heterocycles. The number of aromatic nitrogens is 1. The highest BCUT2D eigenvalue weighted by Crippen LogP contribution is 2.31. The second-order valence-electron chi connectivity index (χ2n) is 5.68. The van der Waals surface area contributed by atoms with Crippen molar-refractivity contribution in [3.63, 3.8) is 0 Å². The van der Waals surface area contributed by atoms with Crippen molar-refractivity contribution in [2.75, 3.05) is 14.2 Å². The average Bonchev–Trinajstić information content (AvgIpc) is 3.16. The standard InChI is InChI=1S/C21H18N2O2S/c1-14-4-6-15(7-5-14)19-13-26-21(23-19)17(12-22)10-16-8-9-18(24-2)11-20(16)25-3/h4-11,13H,1-3H3/b17-10+. The lowest BCUT2D eigenvalue weighted by molar-refractivity contribution is 0.394. The Balaban J connectivity index is 1.96. The molecule has 0 saturated heterocycles. The Morgan fingerprint density at radius 2 is 1.88 bits per heavy atom. The number of benzene rings is 2. The van der Waals surface area contributed by atoms with Crippen molar-refractivity contribution >= 4 is 23.0 Å². The molecule has 0 atom stereocenters. The number of ether oxygens (including phenoxy) is 2. The number of hydrogen-bond donors (Lipinski definition) is 0. The molecule has 4 nitrogen and oxygen atoms in total. The summed E-state index contributed by atoms with van der Waals surface area (Å²) < 4.78 is 10.6. The topological polar surface area (TPSA) is 55.1 Å². The first-order chi connectivity index (χ1) is 12.6. The summed E-state index contributed by atoms with van der Waals surface area (Å²) in [4.78, 5) is 4.63. The fourth-order valence-corrected chi connectivity index (χ4v) is 3.28. The summed E-state index contributed by atoms with van der Waals surface area (Å²) in [6, 6.07) is 15.9. The molecule has 0 bridgehead atoms. The molecule has 1 aromatic heterocycles. The Morgan fingerprint density at radius 3 is 2.54 bits per heavy atom. The van der Waals surface area contributed by atoms with Gasteiger partial charge in [0.25, 0.3) is 0 Å². The summed E-state index contributed by atoms with van der Waals surface area (Å²) in [6.45, 7) is 2.05. The van der Waals surface area contributed by atoms with E-state index in [1.807, 2.05) is 29.6 Å². The van der Waals surface area contributed by atoms with Crippen LogP contribution >= 0.6 is 11.3 Å². The summed E-state index contributed by atoms with van der Waals surface area (Å²) in [5.41, 5.74) is 4.41. The number of allylic oxidation sites excluding steroid dienone is 1. The van der Waals surface area contributed by atoms with Gasteiger partial charge in [0.1, 0.15) is 22.6 Å². The molecule has 26 heavy (non-hydrogen) atoms. The van der Waals surface area contributed by atoms with Crippen molar-refractivity contribution in [3.8, 4) is 28.8 Å². The van der Waals surface area contributed by atoms with Crippen LogP contribution in [0.4, 0.5) is 0 Å². The summed E-state index contributed by atoms with van der Waals surface area (Å²) in [5, 5.41) is 12.3. The number of nitrogens with zero attached hydrogens (tertiary/aromatic N) is 2. The fraction of sp³-hybridized carbons (Fsp3) is 0.143. The maximum Gasteiger partial charge on any atom is 0.134 e. The zero-order valence-corrected chi connectivity index (χ0v) is 15.6. The molecule has 130 valence electrons. The molecular weight excluding hydrogens is 344 g/mol. The van der Waals surface area contributed by atoms with Gasteiger partial charge in [-0.2, -0.15) is 5.26 Å². The van der Waals surface area contributed by atoms with Crippen molar-refractivity contribution in [2.24, 2.45) is 0 Å². The number of methoxy groups -OCH3 is 2. The first-order valence-electron chi connectivity index (χ1n) is 8.01. The van der Waals surface area contributed by atoms with Gasteiger partial charge in [-0.05, 0) is 25.1 Å². The molecule has 0 spiro atoms. The maximum absolute atomic E-state index is 9.60. The quantitative estimate of drug-likeness (QED) is 0.585. The van der Waals surface area contributed by atoms with Gasteiger partial charge in [0.2, 0.25) is 0 Å². The van der Waals surface area contributed by atoms with Crippen LogP contribution < -0.4 is 9.47 Å². The van der Waals surface area contributed by atoms with E-state index >= 15 is 0 Å². The van der Waals surface area contributed by atoms with Crippen LogP contribution in [-0.2, 0) is 0 Å². The summed E-state index contributed by atoms with van der Waals surface area (Å²) in [5.74, 6) is 1.35. The highest BCUT2D eigenvalue weighted by molar-refractivity contribution is 7.11. The maximum atomic E-state index is 9.60. The third-order valence-corrected chi connectivity index (χ3v) is 4.82. The second-order valence-corrected chi connectivity index (χ2v) is 6.54. The van der Waals surface area contributed by atoms with Gasteiger partial charge in [-0.3, -0.25) is 0 Å². The van der Waals surface area contributed by atoms with E-state index in [0.717, 1.165) is 16.8 Å². The van der Waals surface area contributed by atoms with Gasteiger partial charge in [-0.25, -0.2) is 4.98 Å².